The van der Waals surface area contributed by atoms with Gasteiger partial charge in [0, 0.05) is 29.4 Å². The fourth-order valence-electron chi connectivity index (χ4n) is 6.73. The molecule has 4 aliphatic carbocycles. The fraction of sp³-hybridized carbons (Fsp3) is 0.389. The Balaban J connectivity index is 0.000000530. The summed E-state index contributed by atoms with van der Waals surface area (Å²) in [4.78, 5) is 0. The van der Waals surface area contributed by atoms with Crippen LogP contribution in [0.25, 0.3) is 0 Å². The summed E-state index contributed by atoms with van der Waals surface area (Å²) in [7, 11) is -0.489. The van der Waals surface area contributed by atoms with Crippen molar-refractivity contribution in [2.24, 2.45) is 0 Å². The maximum absolute atomic E-state index is 2.62. The molecule has 2 aromatic rings. The zero-order valence-corrected chi connectivity index (χ0v) is 26.3. The molecule has 3 heteroatoms. The second-order valence-electron chi connectivity index (χ2n) is 11.0. The molecule has 0 N–H and O–H groups in total. The van der Waals surface area contributed by atoms with Crippen LogP contribution in [0.5, 0.6) is 0 Å². The van der Waals surface area contributed by atoms with E-state index in [-0.39, 0.29) is 25.0 Å². The Labute approximate surface area is 251 Å². The predicted octanol–water partition coefficient (Wildman–Crippen LogP) is 10.00. The smallest absolute Gasteiger partial charge is 0.0349 e. The summed E-state index contributed by atoms with van der Waals surface area (Å²) in [5.41, 5.74) is 2.71. The van der Waals surface area contributed by atoms with Crippen LogP contribution >= 0.6 is 15.8 Å². The van der Waals surface area contributed by atoms with E-state index >= 15 is 0 Å². The van der Waals surface area contributed by atoms with E-state index in [1.165, 1.54) is 74.8 Å². The average Bonchev–Trinajstić information content (AvgIpc) is 3.72. The zero-order chi connectivity index (χ0) is 26.0. The molecule has 0 nitrogen and oxygen atoms in total. The molecule has 0 saturated heterocycles. The maximum atomic E-state index is 2.62. The monoisotopic (exact) mass is 594 g/mol. The van der Waals surface area contributed by atoms with Gasteiger partial charge in [-0.2, -0.15) is 0 Å². The normalized spacial score (nSPS) is 20.5. The summed E-state index contributed by atoms with van der Waals surface area (Å²) in [6.07, 6.45) is 32.1. The first-order valence-corrected chi connectivity index (χ1v) is 17.8. The van der Waals surface area contributed by atoms with E-state index in [1.807, 2.05) is 30.7 Å². The van der Waals surface area contributed by atoms with Gasteiger partial charge in [0.2, 0.25) is 0 Å². The van der Waals surface area contributed by atoms with Gasteiger partial charge in [-0.05, 0) is 66.5 Å². The van der Waals surface area contributed by atoms with E-state index in [1.54, 1.807) is 11.2 Å². The van der Waals surface area contributed by atoms with E-state index in [9.17, 15) is 0 Å². The molecule has 0 heterocycles. The molecule has 1 atom stereocenters. The molecule has 0 aliphatic heterocycles. The van der Waals surface area contributed by atoms with Crippen molar-refractivity contribution in [3.63, 3.8) is 0 Å². The molecule has 0 amide bonds. The molecule has 0 unspecified atom stereocenters. The number of hydrogen-bond acceptors (Lipinski definition) is 0. The molecule has 2 radical (unpaired) electrons. The van der Waals surface area contributed by atoms with Gasteiger partial charge in [-0.15, -0.1) is 0 Å². The van der Waals surface area contributed by atoms with E-state index in [2.05, 4.69) is 85.8 Å². The third kappa shape index (κ3) is 8.17. The Morgan fingerprint density at radius 2 is 1.10 bits per heavy atom. The minimum Gasteiger partial charge on any atom is -0.0962 e. The molecule has 206 valence electrons. The van der Waals surface area contributed by atoms with Crippen LogP contribution in [0.1, 0.15) is 71.1 Å². The summed E-state index contributed by atoms with van der Waals surface area (Å²) in [6, 6.07) is 22.6. The van der Waals surface area contributed by atoms with Crippen LogP contribution in [0, 0.1) is 12.3 Å². The van der Waals surface area contributed by atoms with Crippen LogP contribution in [0.15, 0.2) is 109 Å². The van der Waals surface area contributed by atoms with Crippen molar-refractivity contribution in [2.75, 3.05) is 0 Å². The molecular weight excluding hydrogens is 550 g/mol. The number of benzene rings is 2. The van der Waals surface area contributed by atoms with E-state index in [0.29, 0.717) is 5.66 Å². The van der Waals surface area contributed by atoms with E-state index < -0.39 is 7.92 Å². The van der Waals surface area contributed by atoms with Gasteiger partial charge in [0.05, 0.1) is 0 Å². The molecule has 39 heavy (non-hydrogen) atoms. The summed E-state index contributed by atoms with van der Waals surface area (Å²) in [6.45, 7) is 2.62. The minimum atomic E-state index is -0.511. The molecule has 2 aromatic carbocycles. The van der Waals surface area contributed by atoms with E-state index in [4.69, 9.17) is 0 Å². The van der Waals surface area contributed by atoms with Crippen molar-refractivity contribution < 1.29 is 17.1 Å². The third-order valence-corrected chi connectivity index (χ3v) is 15.0. The first-order chi connectivity index (χ1) is 18.8. The van der Waals surface area contributed by atoms with Crippen molar-refractivity contribution in [1.82, 2.24) is 0 Å². The Hall–Kier alpha value is -1.22. The second-order valence-corrected chi connectivity index (χ2v) is 16.4. The first kappa shape index (κ1) is 30.7. The molecule has 0 bridgehead atoms. The maximum Gasteiger partial charge on any atom is 0.0349 e. The second kappa shape index (κ2) is 16.3. The molecule has 4 aliphatic rings. The fourth-order valence-corrected chi connectivity index (χ4v) is 13.7. The average molecular weight is 595 g/mol. The molecular formula is C36H44FeP2. The largest absolute Gasteiger partial charge is 0.0962 e. The Morgan fingerprint density at radius 1 is 0.615 bits per heavy atom. The van der Waals surface area contributed by atoms with E-state index in [0.717, 1.165) is 11.3 Å². The summed E-state index contributed by atoms with van der Waals surface area (Å²) >= 11 is 0. The zero-order valence-electron chi connectivity index (χ0n) is 23.4. The third-order valence-electron chi connectivity index (χ3n) is 8.54. The van der Waals surface area contributed by atoms with Crippen molar-refractivity contribution in [1.29, 1.82) is 0 Å². The Kier molecular flexibility index (Phi) is 12.8. The quantitative estimate of drug-likeness (QED) is 0.221. The summed E-state index contributed by atoms with van der Waals surface area (Å²) < 4.78 is 0. The predicted molar refractivity (Wildman–Crippen MR) is 172 cm³/mol. The van der Waals surface area contributed by atoms with Gasteiger partial charge in [-0.25, -0.2) is 0 Å². The van der Waals surface area contributed by atoms with Crippen LogP contribution in [0.4, 0.5) is 0 Å². The van der Waals surface area contributed by atoms with Crippen molar-refractivity contribution in [3.05, 3.63) is 121 Å². The van der Waals surface area contributed by atoms with Crippen LogP contribution in [-0.2, 0) is 17.1 Å². The standard InChI is InChI=1S/C31H39P2.C5H5.Fe/c1-25(32(26-15-6-2-7-16-26)27-17-8-3-9-18-27)30-23-14-24-31(30)33(28-19-10-4-11-20-28)29-21-12-5-13-22-29;1-2-4-5-3-1;/h4-5,10-14,19-27H,2-3,6-9,15-18H2,1H3;1-5H;/t25-;;/m1../s1. The van der Waals surface area contributed by atoms with Crippen LogP contribution in [0.3, 0.4) is 0 Å². The molecule has 2 fully saturated rings. The van der Waals surface area contributed by atoms with Crippen LogP contribution < -0.4 is 10.6 Å². The summed E-state index contributed by atoms with van der Waals surface area (Å²) in [5.74, 6) is 1.68. The topological polar surface area (TPSA) is 0 Å². The van der Waals surface area contributed by atoms with Crippen LogP contribution in [0.2, 0.25) is 0 Å². The molecule has 0 aromatic heterocycles. The molecule has 0 spiro atoms. The Morgan fingerprint density at radius 3 is 1.54 bits per heavy atom. The first-order valence-electron chi connectivity index (χ1n) is 14.9. The van der Waals surface area contributed by atoms with Gasteiger partial charge in [-0.3, -0.25) is 0 Å². The van der Waals surface area contributed by atoms with Gasteiger partial charge in [0.15, 0.2) is 0 Å². The Bertz CT molecular complexity index is 1020. The van der Waals surface area contributed by atoms with Gasteiger partial charge in [0.1, 0.15) is 0 Å². The van der Waals surface area contributed by atoms with Gasteiger partial charge < -0.3 is 0 Å². The van der Waals surface area contributed by atoms with Crippen molar-refractivity contribution in [2.45, 2.75) is 88.1 Å². The molecule has 6 rings (SSSR count). The number of rotatable bonds is 7. The SMILES string of the molecule is C[C@H]([C]1C=CC=C1P(c1ccccc1)c1ccccc1)P(C1CCCCC1)C1CCCCC1.[CH]1C=CC=C1.[Fe]. The van der Waals surface area contributed by atoms with Gasteiger partial charge >= 0.3 is 0 Å². The van der Waals surface area contributed by atoms with Gasteiger partial charge in [-0.1, -0.05) is 157 Å². The van der Waals surface area contributed by atoms with Crippen LogP contribution in [-0.4, -0.2) is 17.0 Å². The number of hydrogen-bond donors (Lipinski definition) is 0. The number of allylic oxidation sites excluding steroid dienone is 8. The van der Waals surface area contributed by atoms with Crippen molar-refractivity contribution >= 4 is 26.5 Å². The minimum absolute atomic E-state index is 0. The van der Waals surface area contributed by atoms with Crippen molar-refractivity contribution in [3.8, 4) is 0 Å². The molecule has 2 saturated carbocycles. The van der Waals surface area contributed by atoms with Gasteiger partial charge in [0.25, 0.3) is 0 Å². The summed E-state index contributed by atoms with van der Waals surface area (Å²) in [5, 5.41) is 4.59.